The summed E-state index contributed by atoms with van der Waals surface area (Å²) < 4.78 is 23.8. The van der Waals surface area contributed by atoms with Crippen LogP contribution in [0.15, 0.2) is 11.0 Å². The highest BCUT2D eigenvalue weighted by atomic mass is 32.2. The Morgan fingerprint density at radius 2 is 2.56 bits per heavy atom. The van der Waals surface area contributed by atoms with Crippen molar-refractivity contribution in [2.24, 2.45) is 0 Å². The van der Waals surface area contributed by atoms with Crippen molar-refractivity contribution in [1.29, 1.82) is 0 Å². The van der Waals surface area contributed by atoms with Crippen molar-refractivity contribution >= 4 is 11.1 Å². The molecule has 0 aromatic heterocycles. The number of rotatable bonds is 1. The maximum atomic E-state index is 10.3. The van der Waals surface area contributed by atoms with Gasteiger partial charge in [0, 0.05) is 11.3 Å². The van der Waals surface area contributed by atoms with Gasteiger partial charge >= 0.3 is 0 Å². The highest BCUT2D eigenvalue weighted by Crippen LogP contribution is 2.09. The normalized spacial score (nSPS) is 23.0. The maximum Gasteiger partial charge on any atom is 0.182 e. The molecule has 1 heterocycles. The summed E-state index contributed by atoms with van der Waals surface area (Å²) in [6.07, 6.45) is 2.24. The van der Waals surface area contributed by atoms with Crippen LogP contribution in [0.25, 0.3) is 0 Å². The van der Waals surface area contributed by atoms with Crippen molar-refractivity contribution in [2.75, 3.05) is 13.2 Å². The predicted molar refractivity (Wildman–Crippen MR) is 34.3 cm³/mol. The van der Waals surface area contributed by atoms with Gasteiger partial charge in [-0.1, -0.05) is 0 Å². The van der Waals surface area contributed by atoms with Crippen LogP contribution in [0.3, 0.4) is 0 Å². The van der Waals surface area contributed by atoms with Crippen LogP contribution in [0.5, 0.6) is 0 Å². The Hall–Kier alpha value is -0.190. The van der Waals surface area contributed by atoms with Gasteiger partial charge in [-0.2, -0.15) is 0 Å². The zero-order valence-corrected chi connectivity index (χ0v) is 5.69. The molecule has 1 unspecified atom stereocenters. The molecule has 0 radical (unpaired) electrons. The van der Waals surface area contributed by atoms with Crippen molar-refractivity contribution in [3.8, 4) is 0 Å². The van der Waals surface area contributed by atoms with Crippen molar-refractivity contribution < 1.29 is 13.5 Å². The summed E-state index contributed by atoms with van der Waals surface area (Å²) in [7, 11) is 0. The lowest BCUT2D eigenvalue weighted by atomic mass is 10.3. The second-order valence-corrected chi connectivity index (χ2v) is 2.77. The van der Waals surface area contributed by atoms with Gasteiger partial charge < -0.3 is 9.29 Å². The van der Waals surface area contributed by atoms with Gasteiger partial charge in [-0.05, 0) is 6.08 Å². The third-order valence-electron chi connectivity index (χ3n) is 1.15. The van der Waals surface area contributed by atoms with E-state index in [-0.39, 0.29) is 0 Å². The van der Waals surface area contributed by atoms with Gasteiger partial charge in [-0.25, -0.2) is 4.21 Å². The fourth-order valence-electron chi connectivity index (χ4n) is 0.669. The molecule has 0 spiro atoms. The summed E-state index contributed by atoms with van der Waals surface area (Å²) in [6.45, 7) is 1.04. The molecule has 0 aliphatic carbocycles. The molecular formula is C5H8O3S. The summed E-state index contributed by atoms with van der Waals surface area (Å²) in [5.41, 5.74) is 0. The van der Waals surface area contributed by atoms with Crippen LogP contribution in [0.1, 0.15) is 6.42 Å². The van der Waals surface area contributed by atoms with Crippen LogP contribution in [0.4, 0.5) is 0 Å². The molecule has 0 saturated carbocycles. The molecule has 1 aliphatic rings. The fourth-order valence-corrected chi connectivity index (χ4v) is 1.14. The van der Waals surface area contributed by atoms with E-state index < -0.39 is 11.1 Å². The fraction of sp³-hybridized carbons (Fsp3) is 0.600. The van der Waals surface area contributed by atoms with Gasteiger partial charge in [0.1, 0.15) is 0 Å². The van der Waals surface area contributed by atoms with Crippen molar-refractivity contribution in [1.82, 2.24) is 0 Å². The summed E-state index contributed by atoms with van der Waals surface area (Å²) in [4.78, 5) is 0.584. The molecule has 0 aromatic rings. The standard InChI is InChI=1S/C5H8O3S/c6-9(7)5-1-3-8-4-2-5/h1H,2-4H2,(H,6,7). The van der Waals surface area contributed by atoms with Gasteiger partial charge in [0.05, 0.1) is 13.2 Å². The molecule has 1 rings (SSSR count). The third-order valence-corrected chi connectivity index (χ3v) is 1.97. The summed E-state index contributed by atoms with van der Waals surface area (Å²) in [6, 6.07) is 0. The minimum absolute atomic E-state index is 0.474. The lowest BCUT2D eigenvalue weighted by Crippen LogP contribution is -2.07. The van der Waals surface area contributed by atoms with Crippen molar-refractivity contribution in [2.45, 2.75) is 6.42 Å². The molecule has 0 fully saturated rings. The zero-order valence-electron chi connectivity index (χ0n) is 4.87. The zero-order chi connectivity index (χ0) is 6.69. The summed E-state index contributed by atoms with van der Waals surface area (Å²) in [5.74, 6) is 0. The largest absolute Gasteiger partial charge is 0.377 e. The van der Waals surface area contributed by atoms with Crippen LogP contribution in [0.2, 0.25) is 0 Å². The Morgan fingerprint density at radius 3 is 2.89 bits per heavy atom. The minimum Gasteiger partial charge on any atom is -0.377 e. The monoisotopic (exact) mass is 148 g/mol. The Kier molecular flexibility index (Phi) is 2.38. The van der Waals surface area contributed by atoms with Gasteiger partial charge in [0.15, 0.2) is 11.1 Å². The molecule has 52 valence electrons. The lowest BCUT2D eigenvalue weighted by Gasteiger charge is -2.08. The van der Waals surface area contributed by atoms with Gasteiger partial charge in [0.2, 0.25) is 0 Å². The van der Waals surface area contributed by atoms with Crippen LogP contribution in [-0.4, -0.2) is 22.0 Å². The molecular weight excluding hydrogens is 140 g/mol. The van der Waals surface area contributed by atoms with Gasteiger partial charge in [-0.3, -0.25) is 0 Å². The van der Waals surface area contributed by atoms with E-state index in [2.05, 4.69) is 0 Å². The van der Waals surface area contributed by atoms with E-state index in [4.69, 9.17) is 9.29 Å². The topological polar surface area (TPSA) is 46.5 Å². The highest BCUT2D eigenvalue weighted by molar-refractivity contribution is 7.83. The van der Waals surface area contributed by atoms with Gasteiger partial charge in [0.25, 0.3) is 0 Å². The first-order chi connectivity index (χ1) is 4.30. The third kappa shape index (κ3) is 1.89. The minimum atomic E-state index is -1.77. The molecule has 4 heteroatoms. The first-order valence-corrected chi connectivity index (χ1v) is 3.79. The Morgan fingerprint density at radius 1 is 1.78 bits per heavy atom. The lowest BCUT2D eigenvalue weighted by molar-refractivity contribution is 0.157. The average Bonchev–Trinajstić information content (AvgIpc) is 1.90. The van der Waals surface area contributed by atoms with E-state index in [0.29, 0.717) is 24.5 Å². The molecule has 0 bridgehead atoms. The Bertz CT molecular complexity index is 152. The van der Waals surface area contributed by atoms with Crippen molar-refractivity contribution in [3.63, 3.8) is 0 Å². The second-order valence-electron chi connectivity index (χ2n) is 1.74. The number of ether oxygens (including phenoxy) is 1. The van der Waals surface area contributed by atoms with Crippen molar-refractivity contribution in [3.05, 3.63) is 11.0 Å². The molecule has 1 atom stereocenters. The number of hydrogen-bond donors (Lipinski definition) is 1. The Labute approximate surface area is 56.0 Å². The predicted octanol–water partition coefficient (Wildman–Crippen LogP) is 0.512. The summed E-state index contributed by atoms with van der Waals surface area (Å²) in [5, 5.41) is 0. The second kappa shape index (κ2) is 3.10. The number of hydrogen-bond acceptors (Lipinski definition) is 2. The summed E-state index contributed by atoms with van der Waals surface area (Å²) >= 11 is -1.77. The first-order valence-electron chi connectivity index (χ1n) is 2.68. The molecule has 9 heavy (non-hydrogen) atoms. The van der Waals surface area contributed by atoms with Crippen LogP contribution >= 0.6 is 0 Å². The molecule has 0 aromatic carbocycles. The maximum absolute atomic E-state index is 10.3. The van der Waals surface area contributed by atoms with Gasteiger partial charge in [-0.15, -0.1) is 0 Å². The van der Waals surface area contributed by atoms with Crippen LogP contribution in [-0.2, 0) is 15.8 Å². The van der Waals surface area contributed by atoms with E-state index >= 15 is 0 Å². The van der Waals surface area contributed by atoms with Crippen LogP contribution < -0.4 is 0 Å². The van der Waals surface area contributed by atoms with E-state index in [1.54, 1.807) is 6.08 Å². The Balaban J connectivity index is 2.57. The molecule has 0 amide bonds. The first kappa shape index (κ1) is 6.92. The molecule has 0 saturated heterocycles. The van der Waals surface area contributed by atoms with Crippen LogP contribution in [0, 0.1) is 0 Å². The molecule has 1 aliphatic heterocycles. The highest BCUT2D eigenvalue weighted by Gasteiger charge is 2.07. The SMILES string of the molecule is O=S(O)C1=CCOCC1. The quantitative estimate of drug-likeness (QED) is 0.551. The molecule has 1 N–H and O–H groups in total. The van der Waals surface area contributed by atoms with E-state index in [1.807, 2.05) is 0 Å². The molecule has 3 nitrogen and oxygen atoms in total. The average molecular weight is 148 g/mol. The van der Waals surface area contributed by atoms with E-state index in [1.165, 1.54) is 0 Å². The smallest absolute Gasteiger partial charge is 0.182 e. The van der Waals surface area contributed by atoms with E-state index in [0.717, 1.165) is 0 Å². The van der Waals surface area contributed by atoms with E-state index in [9.17, 15) is 4.21 Å².